The molecule has 0 aliphatic carbocycles. The lowest BCUT2D eigenvalue weighted by molar-refractivity contribution is 0.0881. The van der Waals surface area contributed by atoms with Gasteiger partial charge in [-0.25, -0.2) is 0 Å². The van der Waals surface area contributed by atoms with E-state index >= 15 is 0 Å². The molecule has 3 nitrogen and oxygen atoms in total. The Balaban J connectivity index is 3.89. The average Bonchev–Trinajstić information content (AvgIpc) is 3.00. The van der Waals surface area contributed by atoms with Crippen LogP contribution in [0.5, 0.6) is 0 Å². The van der Waals surface area contributed by atoms with Gasteiger partial charge in [-0.15, -0.1) is 0 Å². The van der Waals surface area contributed by atoms with Crippen LogP contribution in [-0.2, 0) is 0 Å². The number of nitrogens with one attached hydrogen (secondary N) is 1. The van der Waals surface area contributed by atoms with Crippen LogP contribution in [0.25, 0.3) is 0 Å². The van der Waals surface area contributed by atoms with Crippen LogP contribution in [0.15, 0.2) is 48.6 Å². The Bertz CT molecular complexity index is 618. The van der Waals surface area contributed by atoms with Gasteiger partial charge in [-0.1, -0.05) is 152 Å². The zero-order valence-corrected chi connectivity index (χ0v) is 30.3. The minimum absolute atomic E-state index is 0.427. The van der Waals surface area contributed by atoms with E-state index in [0.29, 0.717) is 12.6 Å². The number of allylic oxidation sites excluding steroid dienone is 8. The normalized spacial score (nSPS) is 13.3. The Morgan fingerprint density at radius 1 is 0.477 bits per heavy atom. The van der Waals surface area contributed by atoms with E-state index in [1.807, 2.05) is 14.1 Å². The summed E-state index contributed by atoms with van der Waals surface area (Å²) in [7, 11) is 4.07. The van der Waals surface area contributed by atoms with Crippen LogP contribution >= 0.6 is 0 Å². The summed E-state index contributed by atoms with van der Waals surface area (Å²) in [4.78, 5) is 2.07. The lowest BCUT2D eigenvalue weighted by Crippen LogP contribution is -2.43. The van der Waals surface area contributed by atoms with Gasteiger partial charge in [-0.3, -0.25) is 5.32 Å². The number of nitrogens with zero attached hydrogens (tertiary/aromatic N) is 1. The summed E-state index contributed by atoms with van der Waals surface area (Å²) in [6.45, 7) is 5.21. The first-order valence-electron chi connectivity index (χ1n) is 19.3. The summed E-state index contributed by atoms with van der Waals surface area (Å²) in [5.74, 6) is 0. The molecule has 1 atom stereocenters. The average molecular weight is 615 g/mol. The molecule has 0 aromatic carbocycles. The molecular weight excluding hydrogens is 536 g/mol. The fraction of sp³-hybridized carbons (Fsp3) is 0.805. The summed E-state index contributed by atoms with van der Waals surface area (Å²) in [5.41, 5.74) is 0. The zero-order chi connectivity index (χ0) is 32.2. The maximum atomic E-state index is 10.5. The van der Waals surface area contributed by atoms with Crippen LogP contribution in [-0.4, -0.2) is 42.9 Å². The van der Waals surface area contributed by atoms with Gasteiger partial charge in [0, 0.05) is 12.6 Å². The van der Waals surface area contributed by atoms with Crippen LogP contribution < -0.4 is 5.32 Å². The van der Waals surface area contributed by atoms with E-state index in [2.05, 4.69) is 72.7 Å². The summed E-state index contributed by atoms with van der Waals surface area (Å²) < 4.78 is 0. The highest BCUT2D eigenvalue weighted by Crippen LogP contribution is 2.16. The number of likely N-dealkylation sites (N-methyl/N-ethyl adjacent to an activating group) is 1. The van der Waals surface area contributed by atoms with Crippen molar-refractivity contribution in [3.05, 3.63) is 48.6 Å². The Hall–Kier alpha value is -1.16. The molecule has 0 spiro atoms. The van der Waals surface area contributed by atoms with Crippen LogP contribution in [0.2, 0.25) is 0 Å². The van der Waals surface area contributed by atoms with Crippen molar-refractivity contribution in [2.45, 2.75) is 193 Å². The molecule has 0 aromatic rings. The van der Waals surface area contributed by atoms with Crippen molar-refractivity contribution >= 4 is 0 Å². The first-order chi connectivity index (χ1) is 21.6. The molecule has 0 saturated heterocycles. The van der Waals surface area contributed by atoms with E-state index in [0.717, 1.165) is 12.8 Å². The molecule has 0 saturated carbocycles. The number of hydrogen-bond donors (Lipinski definition) is 2. The predicted molar refractivity (Wildman–Crippen MR) is 199 cm³/mol. The van der Waals surface area contributed by atoms with Crippen LogP contribution in [0.4, 0.5) is 0 Å². The van der Waals surface area contributed by atoms with Crippen molar-refractivity contribution in [2.75, 3.05) is 20.6 Å². The summed E-state index contributed by atoms with van der Waals surface area (Å²) in [6, 6.07) is 0.446. The van der Waals surface area contributed by atoms with Crippen molar-refractivity contribution in [3.63, 3.8) is 0 Å². The molecule has 0 amide bonds. The van der Waals surface area contributed by atoms with E-state index in [-0.39, 0.29) is 0 Å². The third-order valence-corrected chi connectivity index (χ3v) is 8.47. The standard InChI is InChI=1S/C41H78N2O/c1-5-7-9-11-13-15-17-19-21-23-25-27-29-31-33-35-37-40(42-41(44)39-43(3)4)38-36-34-32-30-28-26-24-22-20-18-16-14-12-10-8-6-2/h13-16,19-22,40-42,44H,5-12,17-18,23-39H2,1-4H3/b15-13-,16-14-,21-19-,22-20-. The highest BCUT2D eigenvalue weighted by atomic mass is 16.3. The molecule has 0 rings (SSSR count). The van der Waals surface area contributed by atoms with E-state index in [9.17, 15) is 5.11 Å². The van der Waals surface area contributed by atoms with Crippen molar-refractivity contribution in [1.82, 2.24) is 10.2 Å². The smallest absolute Gasteiger partial charge is 0.117 e. The van der Waals surface area contributed by atoms with Crippen molar-refractivity contribution in [3.8, 4) is 0 Å². The van der Waals surface area contributed by atoms with Gasteiger partial charge in [0.2, 0.25) is 0 Å². The molecular formula is C41H78N2O. The van der Waals surface area contributed by atoms with Gasteiger partial charge in [0.1, 0.15) is 6.23 Å². The Labute approximate surface area is 277 Å². The fourth-order valence-electron chi connectivity index (χ4n) is 5.74. The second-order valence-electron chi connectivity index (χ2n) is 13.4. The molecule has 0 bridgehead atoms. The molecule has 0 aliphatic rings. The predicted octanol–water partition coefficient (Wildman–Crippen LogP) is 12.2. The van der Waals surface area contributed by atoms with Gasteiger partial charge < -0.3 is 10.0 Å². The lowest BCUT2D eigenvalue weighted by atomic mass is 9.99. The summed E-state index contributed by atoms with van der Waals surface area (Å²) in [5, 5.41) is 14.0. The summed E-state index contributed by atoms with van der Waals surface area (Å²) >= 11 is 0. The van der Waals surface area contributed by atoms with E-state index in [1.54, 1.807) is 0 Å². The van der Waals surface area contributed by atoms with Crippen LogP contribution in [0.1, 0.15) is 181 Å². The number of aliphatic hydroxyl groups is 1. The minimum atomic E-state index is -0.427. The molecule has 258 valence electrons. The maximum absolute atomic E-state index is 10.5. The van der Waals surface area contributed by atoms with Crippen LogP contribution in [0.3, 0.4) is 0 Å². The van der Waals surface area contributed by atoms with Gasteiger partial charge >= 0.3 is 0 Å². The number of unbranched alkanes of at least 4 members (excludes halogenated alkanes) is 18. The van der Waals surface area contributed by atoms with Crippen molar-refractivity contribution in [2.24, 2.45) is 0 Å². The molecule has 0 aromatic heterocycles. The third-order valence-electron chi connectivity index (χ3n) is 8.47. The topological polar surface area (TPSA) is 35.5 Å². The monoisotopic (exact) mass is 615 g/mol. The largest absolute Gasteiger partial charge is 0.377 e. The molecule has 1 unspecified atom stereocenters. The van der Waals surface area contributed by atoms with Crippen molar-refractivity contribution in [1.29, 1.82) is 0 Å². The quantitative estimate of drug-likeness (QED) is 0.0430. The molecule has 0 heterocycles. The van der Waals surface area contributed by atoms with E-state index in [1.165, 1.54) is 154 Å². The minimum Gasteiger partial charge on any atom is -0.377 e. The lowest BCUT2D eigenvalue weighted by Gasteiger charge is -2.24. The van der Waals surface area contributed by atoms with Crippen molar-refractivity contribution < 1.29 is 5.11 Å². The fourth-order valence-corrected chi connectivity index (χ4v) is 5.74. The van der Waals surface area contributed by atoms with Gasteiger partial charge in [0.25, 0.3) is 0 Å². The van der Waals surface area contributed by atoms with Gasteiger partial charge in [-0.05, 0) is 91.1 Å². The number of hydrogen-bond acceptors (Lipinski definition) is 3. The Morgan fingerprint density at radius 3 is 1.18 bits per heavy atom. The first kappa shape index (κ1) is 42.8. The van der Waals surface area contributed by atoms with Gasteiger partial charge in [0.05, 0.1) is 0 Å². The number of rotatable bonds is 34. The molecule has 2 N–H and O–H groups in total. The van der Waals surface area contributed by atoms with Crippen LogP contribution in [0, 0.1) is 0 Å². The first-order valence-corrected chi connectivity index (χ1v) is 19.3. The van der Waals surface area contributed by atoms with Gasteiger partial charge in [0.15, 0.2) is 0 Å². The van der Waals surface area contributed by atoms with E-state index < -0.39 is 6.23 Å². The Kier molecular flexibility index (Phi) is 35.4. The van der Waals surface area contributed by atoms with E-state index in [4.69, 9.17) is 0 Å². The third kappa shape index (κ3) is 35.3. The molecule has 3 heteroatoms. The highest BCUT2D eigenvalue weighted by Gasteiger charge is 2.13. The summed E-state index contributed by atoms with van der Waals surface area (Å²) in [6.07, 6.45) is 51.8. The Morgan fingerprint density at radius 2 is 0.818 bits per heavy atom. The number of aliphatic hydroxyl groups excluding tert-OH is 1. The highest BCUT2D eigenvalue weighted by molar-refractivity contribution is 4.93. The second kappa shape index (κ2) is 36.3. The molecule has 0 aliphatic heterocycles. The second-order valence-corrected chi connectivity index (χ2v) is 13.4. The molecule has 0 radical (unpaired) electrons. The molecule has 44 heavy (non-hydrogen) atoms. The van der Waals surface area contributed by atoms with Gasteiger partial charge in [-0.2, -0.15) is 0 Å². The zero-order valence-electron chi connectivity index (χ0n) is 30.3. The maximum Gasteiger partial charge on any atom is 0.117 e. The SMILES string of the molecule is CCCCC/C=C\C/C=C\CCCCCCCCC(CCCCCCCC/C=C\C/C=C\CCCCC)NC(O)CN(C)C. The molecule has 0 fully saturated rings.